The summed E-state index contributed by atoms with van der Waals surface area (Å²) in [5.74, 6) is 0.502. The van der Waals surface area contributed by atoms with Crippen molar-refractivity contribution in [1.29, 1.82) is 0 Å². The minimum absolute atomic E-state index is 0.282. The maximum atomic E-state index is 13.4. The fourth-order valence-corrected chi connectivity index (χ4v) is 2.06. The molecule has 1 aromatic carbocycles. The third kappa shape index (κ3) is 2.98. The van der Waals surface area contributed by atoms with Crippen molar-refractivity contribution in [3.05, 3.63) is 50.1 Å². The van der Waals surface area contributed by atoms with Gasteiger partial charge in [0.2, 0.25) is 0 Å². The van der Waals surface area contributed by atoms with Crippen LogP contribution >= 0.6 is 38.5 Å². The van der Waals surface area contributed by atoms with E-state index in [4.69, 9.17) is 4.42 Å². The highest BCUT2D eigenvalue weighted by Crippen LogP contribution is 2.20. The highest BCUT2D eigenvalue weighted by atomic mass is 127. The highest BCUT2D eigenvalue weighted by molar-refractivity contribution is 14.1. The molecule has 0 amide bonds. The zero-order valence-corrected chi connectivity index (χ0v) is 11.9. The summed E-state index contributed by atoms with van der Waals surface area (Å²) in [5, 5.41) is 2.98. The van der Waals surface area contributed by atoms with Gasteiger partial charge < -0.3 is 9.73 Å². The van der Waals surface area contributed by atoms with Crippen molar-refractivity contribution in [2.24, 2.45) is 0 Å². The van der Waals surface area contributed by atoms with E-state index < -0.39 is 0 Å². The van der Waals surface area contributed by atoms with Gasteiger partial charge in [-0.05, 0) is 52.9 Å². The standard InChI is InChI=1S/C11H8BrFINO/c12-7-1-3-10(9(13)5-7)15-6-8-2-4-11(14)16-8/h1-5,15H,6H2. The molecule has 0 aliphatic carbocycles. The van der Waals surface area contributed by atoms with Crippen LogP contribution in [0.2, 0.25) is 0 Å². The summed E-state index contributed by atoms with van der Waals surface area (Å²) in [5.41, 5.74) is 0.467. The molecule has 2 aromatic rings. The van der Waals surface area contributed by atoms with E-state index in [0.717, 1.165) is 14.0 Å². The molecule has 0 spiro atoms. The number of benzene rings is 1. The number of rotatable bonds is 3. The van der Waals surface area contributed by atoms with Crippen LogP contribution in [0.1, 0.15) is 5.76 Å². The third-order valence-corrected chi connectivity index (χ3v) is 3.09. The van der Waals surface area contributed by atoms with Gasteiger partial charge in [-0.3, -0.25) is 0 Å². The highest BCUT2D eigenvalue weighted by Gasteiger charge is 2.04. The quantitative estimate of drug-likeness (QED) is 0.779. The van der Waals surface area contributed by atoms with E-state index in [0.29, 0.717) is 12.2 Å². The Morgan fingerprint density at radius 3 is 2.75 bits per heavy atom. The van der Waals surface area contributed by atoms with E-state index in [1.807, 2.05) is 12.1 Å². The first-order valence-electron chi connectivity index (χ1n) is 4.58. The Morgan fingerprint density at radius 2 is 2.12 bits per heavy atom. The van der Waals surface area contributed by atoms with Crippen molar-refractivity contribution in [1.82, 2.24) is 0 Å². The van der Waals surface area contributed by atoms with E-state index in [1.54, 1.807) is 12.1 Å². The number of furan rings is 1. The van der Waals surface area contributed by atoms with Crippen molar-refractivity contribution >= 4 is 44.2 Å². The normalized spacial score (nSPS) is 10.4. The molecule has 2 nitrogen and oxygen atoms in total. The van der Waals surface area contributed by atoms with E-state index in [-0.39, 0.29) is 5.82 Å². The molecular weight excluding hydrogens is 388 g/mol. The summed E-state index contributed by atoms with van der Waals surface area (Å²) in [6, 6.07) is 8.64. The molecule has 0 fully saturated rings. The van der Waals surface area contributed by atoms with Gasteiger partial charge in [-0.15, -0.1) is 0 Å². The van der Waals surface area contributed by atoms with Gasteiger partial charge in [0.05, 0.1) is 12.2 Å². The number of hydrogen-bond acceptors (Lipinski definition) is 2. The second-order valence-corrected chi connectivity index (χ2v) is 5.16. The molecule has 1 N–H and O–H groups in total. The van der Waals surface area contributed by atoms with Gasteiger partial charge in [-0.25, -0.2) is 4.39 Å². The average molecular weight is 396 g/mol. The van der Waals surface area contributed by atoms with Gasteiger partial charge in [-0.2, -0.15) is 0 Å². The van der Waals surface area contributed by atoms with Gasteiger partial charge in [0.1, 0.15) is 11.6 Å². The molecule has 5 heteroatoms. The Bertz CT molecular complexity index is 500. The zero-order chi connectivity index (χ0) is 11.5. The second kappa shape index (κ2) is 5.18. The van der Waals surface area contributed by atoms with Crippen LogP contribution in [0.3, 0.4) is 0 Å². The first-order valence-corrected chi connectivity index (χ1v) is 6.45. The van der Waals surface area contributed by atoms with Crippen molar-refractivity contribution in [3.63, 3.8) is 0 Å². The number of nitrogens with one attached hydrogen (secondary N) is 1. The molecule has 0 saturated carbocycles. The Labute approximate surface area is 114 Å². The molecular formula is C11H8BrFINO. The largest absolute Gasteiger partial charge is 0.454 e. The molecule has 0 atom stereocenters. The van der Waals surface area contributed by atoms with E-state index in [2.05, 4.69) is 43.8 Å². The molecule has 84 valence electrons. The summed E-state index contributed by atoms with van der Waals surface area (Å²) in [4.78, 5) is 0. The van der Waals surface area contributed by atoms with Crippen molar-refractivity contribution < 1.29 is 8.81 Å². The van der Waals surface area contributed by atoms with Crippen molar-refractivity contribution in [3.8, 4) is 0 Å². The lowest BCUT2D eigenvalue weighted by molar-refractivity contribution is 0.492. The van der Waals surface area contributed by atoms with Crippen LogP contribution in [-0.4, -0.2) is 0 Å². The van der Waals surface area contributed by atoms with E-state index in [9.17, 15) is 4.39 Å². The van der Waals surface area contributed by atoms with E-state index in [1.165, 1.54) is 6.07 Å². The summed E-state index contributed by atoms with van der Waals surface area (Å²) < 4.78 is 20.3. The van der Waals surface area contributed by atoms with Crippen LogP contribution in [0.15, 0.2) is 39.2 Å². The summed E-state index contributed by atoms with van der Waals surface area (Å²) in [6.07, 6.45) is 0. The lowest BCUT2D eigenvalue weighted by atomic mass is 10.3. The number of hydrogen-bond donors (Lipinski definition) is 1. The summed E-state index contributed by atoms with van der Waals surface area (Å²) >= 11 is 5.30. The first-order chi connectivity index (χ1) is 7.65. The van der Waals surface area contributed by atoms with Gasteiger partial charge in [-0.1, -0.05) is 15.9 Å². The molecule has 1 heterocycles. The van der Waals surface area contributed by atoms with Gasteiger partial charge in [0.25, 0.3) is 0 Å². The van der Waals surface area contributed by atoms with E-state index >= 15 is 0 Å². The maximum absolute atomic E-state index is 13.4. The van der Waals surface area contributed by atoms with Crippen LogP contribution in [0.4, 0.5) is 10.1 Å². The number of halogens is 3. The number of anilines is 1. The van der Waals surface area contributed by atoms with Crippen LogP contribution < -0.4 is 5.32 Å². The van der Waals surface area contributed by atoms with Crippen LogP contribution in [0.5, 0.6) is 0 Å². The second-order valence-electron chi connectivity index (χ2n) is 3.18. The Morgan fingerprint density at radius 1 is 1.31 bits per heavy atom. The Balaban J connectivity index is 2.04. The summed E-state index contributed by atoms with van der Waals surface area (Å²) in [7, 11) is 0. The minimum Gasteiger partial charge on any atom is -0.454 e. The SMILES string of the molecule is Fc1cc(Br)ccc1NCc1ccc(I)o1. The maximum Gasteiger partial charge on any atom is 0.164 e. The molecule has 0 aliphatic heterocycles. The van der Waals surface area contributed by atoms with Crippen molar-refractivity contribution in [2.75, 3.05) is 5.32 Å². The fraction of sp³-hybridized carbons (Fsp3) is 0.0909. The first kappa shape index (κ1) is 11.9. The zero-order valence-electron chi connectivity index (χ0n) is 8.14. The predicted octanol–water partition coefficient (Wildman–Crippen LogP) is 4.40. The average Bonchev–Trinajstić information content (AvgIpc) is 2.63. The van der Waals surface area contributed by atoms with Crippen LogP contribution in [0, 0.1) is 9.58 Å². The molecule has 0 bridgehead atoms. The monoisotopic (exact) mass is 395 g/mol. The molecule has 0 radical (unpaired) electrons. The van der Waals surface area contributed by atoms with Gasteiger partial charge in [0, 0.05) is 4.47 Å². The molecule has 1 aromatic heterocycles. The lowest BCUT2D eigenvalue weighted by Gasteiger charge is -2.05. The molecule has 0 unspecified atom stereocenters. The van der Waals surface area contributed by atoms with Crippen LogP contribution in [-0.2, 0) is 6.54 Å². The third-order valence-electron chi connectivity index (χ3n) is 2.01. The molecule has 16 heavy (non-hydrogen) atoms. The fourth-order valence-electron chi connectivity index (χ4n) is 1.26. The van der Waals surface area contributed by atoms with Crippen molar-refractivity contribution in [2.45, 2.75) is 6.54 Å². The lowest BCUT2D eigenvalue weighted by Crippen LogP contribution is -2.00. The topological polar surface area (TPSA) is 25.2 Å². The predicted molar refractivity (Wildman–Crippen MR) is 72.9 cm³/mol. The van der Waals surface area contributed by atoms with Gasteiger partial charge in [0.15, 0.2) is 3.77 Å². The minimum atomic E-state index is -0.282. The van der Waals surface area contributed by atoms with Crippen LogP contribution in [0.25, 0.3) is 0 Å². The van der Waals surface area contributed by atoms with Gasteiger partial charge >= 0.3 is 0 Å². The smallest absolute Gasteiger partial charge is 0.164 e. The molecule has 0 aliphatic rings. The molecule has 2 rings (SSSR count). The Kier molecular flexibility index (Phi) is 3.86. The Hall–Kier alpha value is -0.560. The summed E-state index contributed by atoms with van der Waals surface area (Å²) in [6.45, 7) is 0.474. The molecule has 0 saturated heterocycles.